The third-order valence-electron chi connectivity index (χ3n) is 3.07. The van der Waals surface area contributed by atoms with Crippen molar-refractivity contribution < 1.29 is 9.13 Å². The van der Waals surface area contributed by atoms with Crippen molar-refractivity contribution in [2.75, 3.05) is 14.2 Å². The summed E-state index contributed by atoms with van der Waals surface area (Å²) < 4.78 is 19.7. The van der Waals surface area contributed by atoms with Gasteiger partial charge in [-0.2, -0.15) is 0 Å². The molecule has 0 saturated heterocycles. The smallest absolute Gasteiger partial charge is 0.165 e. The number of rotatable bonds is 4. The Labute approximate surface area is 131 Å². The predicted molar refractivity (Wildman–Crippen MR) is 83.0 cm³/mol. The van der Waals surface area contributed by atoms with Crippen LogP contribution in [0.25, 0.3) is 0 Å². The zero-order valence-corrected chi connectivity index (χ0v) is 13.4. The van der Waals surface area contributed by atoms with Crippen LogP contribution in [0.3, 0.4) is 0 Å². The van der Waals surface area contributed by atoms with Gasteiger partial charge in [0.2, 0.25) is 0 Å². The molecule has 0 radical (unpaired) electrons. The van der Waals surface area contributed by atoms with Gasteiger partial charge in [0.1, 0.15) is 0 Å². The Morgan fingerprint density at radius 2 is 2.00 bits per heavy atom. The second-order valence-electron chi connectivity index (χ2n) is 4.28. The largest absolute Gasteiger partial charge is 0.494 e. The van der Waals surface area contributed by atoms with E-state index in [2.05, 4.69) is 21.2 Å². The van der Waals surface area contributed by atoms with Crippen molar-refractivity contribution in [1.82, 2.24) is 5.32 Å². The van der Waals surface area contributed by atoms with Crippen LogP contribution in [0.2, 0.25) is 5.02 Å². The molecule has 20 heavy (non-hydrogen) atoms. The first-order valence-corrected chi connectivity index (χ1v) is 7.19. The van der Waals surface area contributed by atoms with E-state index in [1.807, 2.05) is 25.2 Å². The number of benzene rings is 2. The van der Waals surface area contributed by atoms with Gasteiger partial charge in [0.15, 0.2) is 11.6 Å². The molecule has 0 aliphatic rings. The van der Waals surface area contributed by atoms with E-state index in [9.17, 15) is 4.39 Å². The fraction of sp³-hybridized carbons (Fsp3) is 0.200. The Bertz CT molecular complexity index is 621. The summed E-state index contributed by atoms with van der Waals surface area (Å²) in [6.07, 6.45) is 0. The van der Waals surface area contributed by atoms with E-state index in [-0.39, 0.29) is 17.6 Å². The number of hydrogen-bond donors (Lipinski definition) is 1. The lowest BCUT2D eigenvalue weighted by Crippen LogP contribution is -2.18. The molecule has 0 heterocycles. The molecular formula is C15H14BrClFNO. The summed E-state index contributed by atoms with van der Waals surface area (Å²) in [5.74, 6) is -0.155. The average molecular weight is 359 g/mol. The van der Waals surface area contributed by atoms with Gasteiger partial charge in [0, 0.05) is 9.50 Å². The topological polar surface area (TPSA) is 21.3 Å². The number of nitrogens with one attached hydrogen (secondary N) is 1. The monoisotopic (exact) mass is 357 g/mol. The summed E-state index contributed by atoms with van der Waals surface area (Å²) in [5.41, 5.74) is 1.75. The van der Waals surface area contributed by atoms with E-state index in [1.165, 1.54) is 13.2 Å². The normalized spacial score (nSPS) is 12.2. The van der Waals surface area contributed by atoms with Gasteiger partial charge in [-0.25, -0.2) is 4.39 Å². The molecule has 0 amide bonds. The maximum absolute atomic E-state index is 13.9. The SMILES string of the molecule is CNC(c1ccc(OC)c(F)c1)c1cc(Cl)ccc1Br. The Hall–Kier alpha value is -1.10. The Balaban J connectivity index is 2.46. The molecule has 0 aliphatic heterocycles. The average Bonchev–Trinajstić information content (AvgIpc) is 2.44. The molecule has 1 N–H and O–H groups in total. The highest BCUT2D eigenvalue weighted by molar-refractivity contribution is 9.10. The van der Waals surface area contributed by atoms with Crippen molar-refractivity contribution in [3.63, 3.8) is 0 Å². The molecular weight excluding hydrogens is 345 g/mol. The molecule has 2 nitrogen and oxygen atoms in total. The number of halogens is 3. The first kappa shape index (κ1) is 15.3. The molecule has 1 unspecified atom stereocenters. The standard InChI is InChI=1S/C15H14BrClFNO/c1-19-15(11-8-10(17)4-5-12(11)16)9-3-6-14(20-2)13(18)7-9/h3-8,15,19H,1-2H3. The summed E-state index contributed by atoms with van der Waals surface area (Å²) in [5, 5.41) is 3.81. The molecule has 2 aromatic carbocycles. The van der Waals surface area contributed by atoms with Gasteiger partial charge >= 0.3 is 0 Å². The summed E-state index contributed by atoms with van der Waals surface area (Å²) in [7, 11) is 3.27. The van der Waals surface area contributed by atoms with E-state index in [4.69, 9.17) is 16.3 Å². The number of methoxy groups -OCH3 is 1. The molecule has 2 rings (SSSR count). The van der Waals surface area contributed by atoms with Crippen molar-refractivity contribution in [2.24, 2.45) is 0 Å². The van der Waals surface area contributed by atoms with Gasteiger partial charge < -0.3 is 10.1 Å². The van der Waals surface area contributed by atoms with Crippen LogP contribution >= 0.6 is 27.5 Å². The maximum Gasteiger partial charge on any atom is 0.165 e. The van der Waals surface area contributed by atoms with E-state index in [1.54, 1.807) is 12.1 Å². The zero-order chi connectivity index (χ0) is 14.7. The van der Waals surface area contributed by atoms with Gasteiger partial charge in [-0.05, 0) is 48.5 Å². The first-order valence-electron chi connectivity index (χ1n) is 6.02. The molecule has 0 bridgehead atoms. The fourth-order valence-corrected chi connectivity index (χ4v) is 2.76. The minimum atomic E-state index is -0.386. The zero-order valence-electron chi connectivity index (χ0n) is 11.1. The van der Waals surface area contributed by atoms with Gasteiger partial charge in [-0.1, -0.05) is 33.6 Å². The molecule has 0 saturated carbocycles. The van der Waals surface area contributed by atoms with Gasteiger partial charge in [-0.15, -0.1) is 0 Å². The highest BCUT2D eigenvalue weighted by Crippen LogP contribution is 2.32. The van der Waals surface area contributed by atoms with Crippen LogP contribution in [-0.4, -0.2) is 14.2 Å². The molecule has 2 aromatic rings. The quantitative estimate of drug-likeness (QED) is 0.865. The van der Waals surface area contributed by atoms with E-state index < -0.39 is 0 Å². The first-order chi connectivity index (χ1) is 9.56. The third-order valence-corrected chi connectivity index (χ3v) is 4.02. The van der Waals surface area contributed by atoms with E-state index >= 15 is 0 Å². The fourth-order valence-electron chi connectivity index (χ4n) is 2.10. The summed E-state index contributed by atoms with van der Waals surface area (Å²) in [6, 6.07) is 10.3. The Kier molecular flexibility index (Phi) is 5.02. The molecule has 0 spiro atoms. The second kappa shape index (κ2) is 6.57. The maximum atomic E-state index is 13.9. The predicted octanol–water partition coefficient (Wildman–Crippen LogP) is 4.56. The third kappa shape index (κ3) is 3.14. The molecule has 0 aromatic heterocycles. The second-order valence-corrected chi connectivity index (χ2v) is 5.57. The lowest BCUT2D eigenvalue weighted by molar-refractivity contribution is 0.386. The number of ether oxygens (including phenoxy) is 1. The van der Waals surface area contributed by atoms with Gasteiger partial charge in [-0.3, -0.25) is 0 Å². The van der Waals surface area contributed by atoms with E-state index in [0.717, 1.165) is 15.6 Å². The Morgan fingerprint density at radius 1 is 1.25 bits per heavy atom. The molecule has 0 aliphatic carbocycles. The number of hydrogen-bond acceptors (Lipinski definition) is 2. The van der Waals surface area contributed by atoms with E-state index in [0.29, 0.717) is 5.02 Å². The van der Waals surface area contributed by atoms with Crippen LogP contribution in [0.5, 0.6) is 5.75 Å². The van der Waals surface area contributed by atoms with Crippen molar-refractivity contribution in [3.8, 4) is 5.75 Å². The minimum Gasteiger partial charge on any atom is -0.494 e. The highest BCUT2D eigenvalue weighted by atomic mass is 79.9. The molecule has 5 heteroatoms. The van der Waals surface area contributed by atoms with Crippen LogP contribution < -0.4 is 10.1 Å². The minimum absolute atomic E-state index is 0.163. The van der Waals surface area contributed by atoms with Crippen molar-refractivity contribution in [3.05, 3.63) is 62.8 Å². The van der Waals surface area contributed by atoms with Crippen molar-refractivity contribution >= 4 is 27.5 Å². The summed E-state index contributed by atoms with van der Waals surface area (Å²) in [6.45, 7) is 0. The molecule has 106 valence electrons. The van der Waals surface area contributed by atoms with Crippen molar-refractivity contribution in [1.29, 1.82) is 0 Å². The summed E-state index contributed by atoms with van der Waals surface area (Å²) >= 11 is 9.54. The Morgan fingerprint density at radius 3 is 2.60 bits per heavy atom. The molecule has 1 atom stereocenters. The molecule has 0 fully saturated rings. The van der Waals surface area contributed by atoms with Crippen LogP contribution in [0.15, 0.2) is 40.9 Å². The van der Waals surface area contributed by atoms with Crippen LogP contribution in [0.4, 0.5) is 4.39 Å². The van der Waals surface area contributed by atoms with Crippen LogP contribution in [0, 0.1) is 5.82 Å². The van der Waals surface area contributed by atoms with Crippen LogP contribution in [-0.2, 0) is 0 Å². The van der Waals surface area contributed by atoms with Gasteiger partial charge in [0.25, 0.3) is 0 Å². The van der Waals surface area contributed by atoms with Gasteiger partial charge in [0.05, 0.1) is 13.2 Å². The highest BCUT2D eigenvalue weighted by Gasteiger charge is 2.17. The summed E-state index contributed by atoms with van der Waals surface area (Å²) in [4.78, 5) is 0. The van der Waals surface area contributed by atoms with Crippen LogP contribution in [0.1, 0.15) is 17.2 Å². The van der Waals surface area contributed by atoms with Crippen molar-refractivity contribution in [2.45, 2.75) is 6.04 Å². The lowest BCUT2D eigenvalue weighted by Gasteiger charge is -2.19. The lowest BCUT2D eigenvalue weighted by atomic mass is 9.98.